The predicted molar refractivity (Wildman–Crippen MR) is 112 cm³/mol. The van der Waals surface area contributed by atoms with Crippen molar-refractivity contribution in [1.29, 1.82) is 5.26 Å². The summed E-state index contributed by atoms with van der Waals surface area (Å²) in [7, 11) is 0. The van der Waals surface area contributed by atoms with Crippen molar-refractivity contribution in [3.8, 4) is 17.4 Å². The van der Waals surface area contributed by atoms with E-state index in [4.69, 9.17) is 16.0 Å². The number of hydrogen-bond acceptors (Lipinski definition) is 5. The van der Waals surface area contributed by atoms with Crippen LogP contribution >= 0.6 is 23.4 Å². The largest absolute Gasteiger partial charge is 0.457 e. The average Bonchev–Trinajstić information content (AvgIpc) is 3.30. The van der Waals surface area contributed by atoms with Gasteiger partial charge in [-0.2, -0.15) is 5.26 Å². The maximum atomic E-state index is 13.2. The van der Waals surface area contributed by atoms with Gasteiger partial charge < -0.3 is 4.42 Å². The van der Waals surface area contributed by atoms with E-state index in [0.717, 1.165) is 22.7 Å². The molecule has 0 N–H and O–H groups in total. The second-order valence-electron chi connectivity index (χ2n) is 6.36. The second kappa shape index (κ2) is 8.19. The Bertz CT molecular complexity index is 1250. The van der Waals surface area contributed by atoms with Crippen LogP contribution in [0.25, 0.3) is 17.4 Å². The van der Waals surface area contributed by atoms with Crippen LogP contribution in [0.2, 0.25) is 5.02 Å². The fourth-order valence-electron chi connectivity index (χ4n) is 2.96. The van der Waals surface area contributed by atoms with Gasteiger partial charge >= 0.3 is 0 Å². The molecular weight excluding hydrogens is 427 g/mol. The Labute approximate surface area is 180 Å². The van der Waals surface area contributed by atoms with Gasteiger partial charge in [-0.3, -0.25) is 14.5 Å². The molecule has 0 aliphatic carbocycles. The molecule has 0 atom stereocenters. The number of carbonyl (C=O) groups excluding carboxylic acids is 2. The fourth-order valence-corrected chi connectivity index (χ4v) is 4.00. The molecule has 2 heterocycles. The monoisotopic (exact) mass is 438 g/mol. The van der Waals surface area contributed by atoms with E-state index in [9.17, 15) is 19.2 Å². The number of halogens is 2. The van der Waals surface area contributed by atoms with Crippen molar-refractivity contribution in [3.63, 3.8) is 0 Å². The summed E-state index contributed by atoms with van der Waals surface area (Å²) in [6, 6.07) is 16.3. The molecule has 1 aliphatic heterocycles. The van der Waals surface area contributed by atoms with Crippen molar-refractivity contribution in [2.45, 2.75) is 6.54 Å². The molecule has 1 fully saturated rings. The predicted octanol–water partition coefficient (Wildman–Crippen LogP) is 5.85. The molecule has 5 nitrogen and oxygen atoms in total. The Morgan fingerprint density at radius 1 is 1.17 bits per heavy atom. The van der Waals surface area contributed by atoms with E-state index in [-0.39, 0.29) is 16.5 Å². The van der Waals surface area contributed by atoms with Crippen molar-refractivity contribution >= 4 is 40.6 Å². The normalized spacial score (nSPS) is 15.1. The molecule has 1 saturated heterocycles. The first-order chi connectivity index (χ1) is 14.5. The zero-order valence-electron chi connectivity index (χ0n) is 15.3. The molecule has 3 aromatic rings. The molecular formula is C22H12ClFN2O3S. The molecule has 1 aliphatic rings. The van der Waals surface area contributed by atoms with E-state index in [1.54, 1.807) is 36.4 Å². The van der Waals surface area contributed by atoms with Gasteiger partial charge in [0.1, 0.15) is 17.3 Å². The van der Waals surface area contributed by atoms with Crippen LogP contribution in [0, 0.1) is 17.1 Å². The average molecular weight is 439 g/mol. The second-order valence-corrected chi connectivity index (χ2v) is 7.76. The molecule has 2 aromatic carbocycles. The molecule has 0 radical (unpaired) electrons. The van der Waals surface area contributed by atoms with Crippen LogP contribution < -0.4 is 0 Å². The Morgan fingerprint density at radius 2 is 1.97 bits per heavy atom. The summed E-state index contributed by atoms with van der Waals surface area (Å²) < 4.78 is 19.0. The summed E-state index contributed by atoms with van der Waals surface area (Å²) in [6.07, 6.45) is 1.48. The maximum Gasteiger partial charge on any atom is 0.293 e. The number of amides is 2. The fraction of sp³-hybridized carbons (Fsp3) is 0.0455. The lowest BCUT2D eigenvalue weighted by Gasteiger charge is -2.13. The number of nitriles is 1. The summed E-state index contributed by atoms with van der Waals surface area (Å²) in [6.45, 7) is -0.0555. The van der Waals surface area contributed by atoms with Crippen LogP contribution in [0.1, 0.15) is 16.9 Å². The smallest absolute Gasteiger partial charge is 0.293 e. The molecule has 0 bridgehead atoms. The zero-order chi connectivity index (χ0) is 21.3. The van der Waals surface area contributed by atoms with Crippen LogP contribution in [0.15, 0.2) is 63.9 Å². The number of hydrogen-bond donors (Lipinski definition) is 0. The number of benzene rings is 2. The number of rotatable bonds is 4. The lowest BCUT2D eigenvalue weighted by Crippen LogP contribution is -2.27. The van der Waals surface area contributed by atoms with E-state index >= 15 is 0 Å². The van der Waals surface area contributed by atoms with E-state index in [2.05, 4.69) is 6.07 Å². The maximum absolute atomic E-state index is 13.2. The lowest BCUT2D eigenvalue weighted by molar-refractivity contribution is -0.123. The van der Waals surface area contributed by atoms with E-state index in [1.165, 1.54) is 18.2 Å². The third-order valence-corrected chi connectivity index (χ3v) is 5.69. The van der Waals surface area contributed by atoms with Crippen LogP contribution in [0.4, 0.5) is 9.18 Å². The number of furan rings is 1. The number of thioether (sulfide) groups is 1. The van der Waals surface area contributed by atoms with Gasteiger partial charge in [0.05, 0.1) is 23.1 Å². The van der Waals surface area contributed by atoms with Crippen molar-refractivity contribution in [2.24, 2.45) is 0 Å². The van der Waals surface area contributed by atoms with Gasteiger partial charge in [0.25, 0.3) is 11.1 Å². The molecule has 1 aromatic heterocycles. The summed E-state index contributed by atoms with van der Waals surface area (Å²) in [5.41, 5.74) is 1.57. The van der Waals surface area contributed by atoms with Crippen LogP contribution in [0.3, 0.4) is 0 Å². The zero-order valence-corrected chi connectivity index (χ0v) is 16.8. The first kappa shape index (κ1) is 20.0. The van der Waals surface area contributed by atoms with Gasteiger partial charge in [0, 0.05) is 16.7 Å². The third-order valence-electron chi connectivity index (χ3n) is 4.43. The molecule has 148 valence electrons. The highest BCUT2D eigenvalue weighted by Crippen LogP contribution is 2.35. The first-order valence-electron chi connectivity index (χ1n) is 8.75. The Balaban J connectivity index is 1.57. The van der Waals surface area contributed by atoms with Crippen molar-refractivity contribution in [3.05, 3.63) is 87.2 Å². The highest BCUT2D eigenvalue weighted by Gasteiger charge is 2.35. The van der Waals surface area contributed by atoms with Gasteiger partial charge in [-0.15, -0.1) is 0 Å². The highest BCUT2D eigenvalue weighted by atomic mass is 35.5. The first-order valence-corrected chi connectivity index (χ1v) is 9.94. The van der Waals surface area contributed by atoms with E-state index < -0.39 is 17.0 Å². The van der Waals surface area contributed by atoms with Gasteiger partial charge in [-0.1, -0.05) is 29.8 Å². The lowest BCUT2D eigenvalue weighted by atomic mass is 10.1. The SMILES string of the molecule is N#Cc1ccccc1-c1ccc(/C=C2/SC(=O)N(Cc3ccc(F)cc3Cl)C2=O)o1. The van der Waals surface area contributed by atoms with Crippen molar-refractivity contribution in [2.75, 3.05) is 0 Å². The van der Waals surface area contributed by atoms with Crippen LogP contribution in [-0.2, 0) is 11.3 Å². The molecule has 2 amide bonds. The Hall–Kier alpha value is -3.34. The molecule has 8 heteroatoms. The molecule has 0 spiro atoms. The molecule has 0 saturated carbocycles. The van der Waals surface area contributed by atoms with Gasteiger partial charge in [0.2, 0.25) is 0 Å². The quantitative estimate of drug-likeness (QED) is 0.478. The van der Waals surface area contributed by atoms with E-state index in [1.807, 2.05) is 0 Å². The topological polar surface area (TPSA) is 74.3 Å². The number of carbonyl (C=O) groups is 2. The van der Waals surface area contributed by atoms with Crippen molar-refractivity contribution in [1.82, 2.24) is 4.90 Å². The summed E-state index contributed by atoms with van der Waals surface area (Å²) in [5, 5.41) is 8.93. The number of nitrogens with zero attached hydrogens (tertiary/aromatic N) is 2. The van der Waals surface area contributed by atoms with Crippen LogP contribution in [0.5, 0.6) is 0 Å². The summed E-state index contributed by atoms with van der Waals surface area (Å²) in [4.78, 5) is 26.3. The molecule has 0 unspecified atom stereocenters. The summed E-state index contributed by atoms with van der Waals surface area (Å²) >= 11 is 6.79. The minimum atomic E-state index is -0.496. The van der Waals surface area contributed by atoms with Gasteiger partial charge in [0.15, 0.2) is 0 Å². The van der Waals surface area contributed by atoms with E-state index in [0.29, 0.717) is 28.2 Å². The Kier molecular flexibility index (Phi) is 5.44. The van der Waals surface area contributed by atoms with Gasteiger partial charge in [-0.05, 0) is 53.7 Å². The molecule has 4 rings (SSSR count). The third kappa shape index (κ3) is 3.88. The minimum Gasteiger partial charge on any atom is -0.457 e. The standard InChI is InChI=1S/C22H12ClFN2O3S/c23-18-9-15(24)6-5-14(18)12-26-21(27)20(30-22(26)28)10-16-7-8-19(29-16)17-4-2-1-3-13(17)11-25/h1-10H,12H2/b20-10+. The number of imide groups is 1. The highest BCUT2D eigenvalue weighted by molar-refractivity contribution is 8.18. The van der Waals surface area contributed by atoms with Crippen molar-refractivity contribution < 1.29 is 18.4 Å². The van der Waals surface area contributed by atoms with Crippen LogP contribution in [-0.4, -0.2) is 16.0 Å². The molecule has 30 heavy (non-hydrogen) atoms. The van der Waals surface area contributed by atoms with Gasteiger partial charge in [-0.25, -0.2) is 4.39 Å². The minimum absolute atomic E-state index is 0.0555. The Morgan fingerprint density at radius 3 is 2.73 bits per heavy atom. The summed E-state index contributed by atoms with van der Waals surface area (Å²) in [5.74, 6) is -0.121.